The molecule has 6 nitrogen and oxygen atoms in total. The Bertz CT molecular complexity index is 665. The van der Waals surface area contributed by atoms with Gasteiger partial charge in [0.25, 0.3) is 5.91 Å². The normalized spacial score (nSPS) is 11.8. The summed E-state index contributed by atoms with van der Waals surface area (Å²) in [6, 6.07) is 10.5. The molecule has 2 aromatic rings. The van der Waals surface area contributed by atoms with Crippen LogP contribution in [0.1, 0.15) is 21.7 Å². The lowest BCUT2D eigenvalue weighted by Crippen LogP contribution is -2.47. The van der Waals surface area contributed by atoms with Gasteiger partial charge in [0.05, 0.1) is 12.1 Å². The number of carbonyl (C=O) groups excluding carboxylic acids is 2. The van der Waals surface area contributed by atoms with Crippen molar-refractivity contribution < 1.29 is 14.0 Å². The SMILES string of the molecule is CN(C)C(=O)C(Cc1ccccc1)NC(=O)c1coc(CN)c1. The third-order valence-corrected chi connectivity index (χ3v) is 3.44. The topological polar surface area (TPSA) is 88.6 Å². The first-order valence-electron chi connectivity index (χ1n) is 7.34. The van der Waals surface area contributed by atoms with Crippen molar-refractivity contribution in [2.24, 2.45) is 5.73 Å². The number of amides is 2. The highest BCUT2D eigenvalue weighted by Crippen LogP contribution is 2.09. The van der Waals surface area contributed by atoms with Gasteiger partial charge in [-0.1, -0.05) is 30.3 Å². The summed E-state index contributed by atoms with van der Waals surface area (Å²) in [6.45, 7) is 0.220. The number of nitrogens with one attached hydrogen (secondary N) is 1. The molecule has 0 aliphatic heterocycles. The molecular weight excluding hydrogens is 294 g/mol. The first-order valence-corrected chi connectivity index (χ1v) is 7.34. The quantitative estimate of drug-likeness (QED) is 0.837. The van der Waals surface area contributed by atoms with Crippen LogP contribution in [0.5, 0.6) is 0 Å². The Morgan fingerprint density at radius 3 is 2.52 bits per heavy atom. The molecule has 1 aromatic heterocycles. The Hall–Kier alpha value is -2.60. The van der Waals surface area contributed by atoms with Gasteiger partial charge in [-0.2, -0.15) is 0 Å². The fraction of sp³-hybridized carbons (Fsp3) is 0.294. The summed E-state index contributed by atoms with van der Waals surface area (Å²) < 4.78 is 5.16. The number of nitrogens with zero attached hydrogens (tertiary/aromatic N) is 1. The van der Waals surface area contributed by atoms with Crippen LogP contribution in [0.15, 0.2) is 47.1 Å². The largest absolute Gasteiger partial charge is 0.467 e. The van der Waals surface area contributed by atoms with Crippen LogP contribution in [0, 0.1) is 0 Å². The van der Waals surface area contributed by atoms with Crippen molar-refractivity contribution in [3.8, 4) is 0 Å². The molecule has 3 N–H and O–H groups in total. The third-order valence-electron chi connectivity index (χ3n) is 3.44. The standard InChI is InChI=1S/C17H21N3O3/c1-20(2)17(22)15(8-12-6-4-3-5-7-12)19-16(21)13-9-14(10-18)23-11-13/h3-7,9,11,15H,8,10,18H2,1-2H3,(H,19,21). The second-order valence-corrected chi connectivity index (χ2v) is 5.45. The Balaban J connectivity index is 2.13. The van der Waals surface area contributed by atoms with E-state index in [2.05, 4.69) is 5.32 Å². The average Bonchev–Trinajstić information content (AvgIpc) is 3.03. The van der Waals surface area contributed by atoms with Crippen molar-refractivity contribution in [2.75, 3.05) is 14.1 Å². The summed E-state index contributed by atoms with van der Waals surface area (Å²) in [5.41, 5.74) is 6.80. The maximum absolute atomic E-state index is 12.3. The van der Waals surface area contributed by atoms with Crippen molar-refractivity contribution >= 4 is 11.8 Å². The molecule has 2 rings (SSSR count). The predicted molar refractivity (Wildman–Crippen MR) is 86.7 cm³/mol. The monoisotopic (exact) mass is 315 g/mol. The molecule has 0 aliphatic rings. The molecule has 0 spiro atoms. The van der Waals surface area contributed by atoms with Gasteiger partial charge in [0, 0.05) is 20.5 Å². The van der Waals surface area contributed by atoms with Crippen molar-refractivity contribution in [1.82, 2.24) is 10.2 Å². The molecule has 1 aromatic carbocycles. The summed E-state index contributed by atoms with van der Waals surface area (Å²) in [6.07, 6.45) is 1.77. The highest BCUT2D eigenvalue weighted by atomic mass is 16.3. The number of nitrogens with two attached hydrogens (primary N) is 1. The van der Waals surface area contributed by atoms with E-state index in [-0.39, 0.29) is 18.4 Å². The first-order chi connectivity index (χ1) is 11.0. The molecule has 0 saturated carbocycles. The molecule has 122 valence electrons. The third kappa shape index (κ3) is 4.43. The molecule has 0 saturated heterocycles. The molecule has 0 radical (unpaired) electrons. The van der Waals surface area contributed by atoms with Gasteiger partial charge in [-0.05, 0) is 11.6 Å². The molecule has 0 bridgehead atoms. The van der Waals surface area contributed by atoms with E-state index in [9.17, 15) is 9.59 Å². The number of rotatable bonds is 6. The van der Waals surface area contributed by atoms with Gasteiger partial charge in [-0.25, -0.2) is 0 Å². The smallest absolute Gasteiger partial charge is 0.255 e. The van der Waals surface area contributed by atoms with E-state index in [1.807, 2.05) is 30.3 Å². The van der Waals surface area contributed by atoms with Crippen LogP contribution in [0.4, 0.5) is 0 Å². The minimum absolute atomic E-state index is 0.162. The summed E-state index contributed by atoms with van der Waals surface area (Å²) >= 11 is 0. The highest BCUT2D eigenvalue weighted by Gasteiger charge is 2.24. The zero-order chi connectivity index (χ0) is 16.8. The number of benzene rings is 1. The van der Waals surface area contributed by atoms with E-state index in [0.717, 1.165) is 5.56 Å². The predicted octanol–water partition coefficient (Wildman–Crippen LogP) is 1.17. The number of likely N-dealkylation sites (N-methyl/N-ethyl adjacent to an activating group) is 1. The number of carbonyl (C=O) groups is 2. The number of hydrogen-bond donors (Lipinski definition) is 2. The molecule has 1 unspecified atom stereocenters. The van der Waals surface area contributed by atoms with E-state index in [4.69, 9.17) is 10.2 Å². The lowest BCUT2D eigenvalue weighted by molar-refractivity contribution is -0.130. The Kier molecular flexibility index (Phi) is 5.54. The van der Waals surface area contributed by atoms with Crippen LogP contribution >= 0.6 is 0 Å². The van der Waals surface area contributed by atoms with Crippen molar-refractivity contribution in [2.45, 2.75) is 19.0 Å². The molecular formula is C17H21N3O3. The van der Waals surface area contributed by atoms with Crippen molar-refractivity contribution in [3.63, 3.8) is 0 Å². The van der Waals surface area contributed by atoms with E-state index < -0.39 is 6.04 Å². The Morgan fingerprint density at radius 2 is 1.96 bits per heavy atom. The van der Waals surface area contributed by atoms with Crippen LogP contribution in [-0.2, 0) is 17.8 Å². The fourth-order valence-electron chi connectivity index (χ4n) is 2.21. The lowest BCUT2D eigenvalue weighted by Gasteiger charge is -2.21. The van der Waals surface area contributed by atoms with Gasteiger partial charge in [0.15, 0.2) is 0 Å². The molecule has 23 heavy (non-hydrogen) atoms. The van der Waals surface area contributed by atoms with Crippen molar-refractivity contribution in [1.29, 1.82) is 0 Å². The number of hydrogen-bond acceptors (Lipinski definition) is 4. The van der Waals surface area contributed by atoms with Crippen LogP contribution < -0.4 is 11.1 Å². The Morgan fingerprint density at radius 1 is 1.26 bits per heavy atom. The molecule has 1 atom stereocenters. The number of furan rings is 1. The molecule has 0 aliphatic carbocycles. The zero-order valence-corrected chi connectivity index (χ0v) is 13.3. The van der Waals surface area contributed by atoms with Crippen LogP contribution in [0.3, 0.4) is 0 Å². The molecule has 0 fully saturated rings. The van der Waals surface area contributed by atoms with Gasteiger partial charge < -0.3 is 20.4 Å². The average molecular weight is 315 g/mol. The minimum Gasteiger partial charge on any atom is -0.467 e. The summed E-state index contributed by atoms with van der Waals surface area (Å²) in [5, 5.41) is 2.77. The van der Waals surface area contributed by atoms with Crippen molar-refractivity contribution in [3.05, 3.63) is 59.5 Å². The maximum atomic E-state index is 12.3. The summed E-state index contributed by atoms with van der Waals surface area (Å²) in [7, 11) is 3.33. The van der Waals surface area contributed by atoms with Crippen LogP contribution in [0.2, 0.25) is 0 Å². The van der Waals surface area contributed by atoms with E-state index in [0.29, 0.717) is 17.7 Å². The van der Waals surface area contributed by atoms with Gasteiger partial charge in [0.1, 0.15) is 18.1 Å². The van der Waals surface area contributed by atoms with Gasteiger partial charge >= 0.3 is 0 Å². The zero-order valence-electron chi connectivity index (χ0n) is 13.3. The van der Waals surface area contributed by atoms with Gasteiger partial charge in [0.2, 0.25) is 5.91 Å². The Labute approximate surface area is 135 Å². The highest BCUT2D eigenvalue weighted by molar-refractivity contribution is 5.97. The van der Waals surface area contributed by atoms with E-state index in [1.54, 1.807) is 20.2 Å². The van der Waals surface area contributed by atoms with E-state index >= 15 is 0 Å². The minimum atomic E-state index is -0.642. The van der Waals surface area contributed by atoms with Crippen LogP contribution in [0.25, 0.3) is 0 Å². The maximum Gasteiger partial charge on any atom is 0.255 e. The summed E-state index contributed by atoms with van der Waals surface area (Å²) in [4.78, 5) is 26.1. The fourth-order valence-corrected chi connectivity index (χ4v) is 2.21. The first kappa shape index (κ1) is 16.8. The second kappa shape index (κ2) is 7.60. The van der Waals surface area contributed by atoms with Crippen LogP contribution in [-0.4, -0.2) is 36.9 Å². The van der Waals surface area contributed by atoms with Gasteiger partial charge in [-0.15, -0.1) is 0 Å². The summed E-state index contributed by atoms with van der Waals surface area (Å²) in [5.74, 6) is 0.00280. The molecule has 6 heteroatoms. The molecule has 1 heterocycles. The van der Waals surface area contributed by atoms with E-state index in [1.165, 1.54) is 11.2 Å². The van der Waals surface area contributed by atoms with Gasteiger partial charge in [-0.3, -0.25) is 9.59 Å². The molecule has 2 amide bonds. The second-order valence-electron chi connectivity index (χ2n) is 5.45. The lowest BCUT2D eigenvalue weighted by atomic mass is 10.0.